The molecule has 2 heterocycles. The van der Waals surface area contributed by atoms with E-state index in [-0.39, 0.29) is 0 Å². The monoisotopic (exact) mass is 204 g/mol. The van der Waals surface area contributed by atoms with Crippen molar-refractivity contribution < 1.29 is 4.74 Å². The van der Waals surface area contributed by atoms with Gasteiger partial charge in [0.2, 0.25) is 0 Å². The molecular weight excluding hydrogens is 188 g/mol. The van der Waals surface area contributed by atoms with Crippen molar-refractivity contribution in [1.82, 2.24) is 9.38 Å². The van der Waals surface area contributed by atoms with Gasteiger partial charge in [0.15, 0.2) is 0 Å². The number of fused-ring (bicyclic) bond motifs is 1. The van der Waals surface area contributed by atoms with Gasteiger partial charge in [-0.15, -0.1) is 0 Å². The molecule has 0 saturated heterocycles. The van der Waals surface area contributed by atoms with Gasteiger partial charge in [0.25, 0.3) is 0 Å². The first-order valence-electron chi connectivity index (χ1n) is 5.26. The van der Waals surface area contributed by atoms with Crippen LogP contribution in [0, 0.1) is 5.92 Å². The maximum atomic E-state index is 5.59. The Morgan fingerprint density at radius 3 is 3.07 bits per heavy atom. The molecule has 2 rings (SSSR count). The standard InChI is InChI=1S/C12H16N2O/c1-10(2)8-15-9-11-7-13-12-5-3-4-6-14(11)12/h3-7,10H,8-9H2,1-2H3. The first-order chi connectivity index (χ1) is 7.27. The Morgan fingerprint density at radius 2 is 2.27 bits per heavy atom. The maximum absolute atomic E-state index is 5.59. The van der Waals surface area contributed by atoms with Gasteiger partial charge in [-0.05, 0) is 18.1 Å². The molecule has 0 saturated carbocycles. The molecule has 3 heteroatoms. The summed E-state index contributed by atoms with van der Waals surface area (Å²) in [5, 5.41) is 0. The predicted molar refractivity (Wildman–Crippen MR) is 59.7 cm³/mol. The molecule has 0 aliphatic carbocycles. The third-order valence-corrected chi connectivity index (χ3v) is 2.19. The van der Waals surface area contributed by atoms with Crippen LogP contribution in [-0.4, -0.2) is 16.0 Å². The summed E-state index contributed by atoms with van der Waals surface area (Å²) < 4.78 is 7.64. The Labute approximate surface area is 89.7 Å². The van der Waals surface area contributed by atoms with Gasteiger partial charge in [-0.25, -0.2) is 4.98 Å². The van der Waals surface area contributed by atoms with Gasteiger partial charge in [-0.1, -0.05) is 19.9 Å². The number of nitrogens with zero attached hydrogens (tertiary/aromatic N) is 2. The highest BCUT2D eigenvalue weighted by Crippen LogP contribution is 2.07. The summed E-state index contributed by atoms with van der Waals surface area (Å²) in [6.07, 6.45) is 3.88. The van der Waals surface area contributed by atoms with Gasteiger partial charge in [-0.2, -0.15) is 0 Å². The molecule has 0 aromatic carbocycles. The van der Waals surface area contributed by atoms with Crippen molar-refractivity contribution in [3.05, 3.63) is 36.3 Å². The molecule has 2 aromatic heterocycles. The van der Waals surface area contributed by atoms with Gasteiger partial charge in [0.1, 0.15) is 5.65 Å². The lowest BCUT2D eigenvalue weighted by molar-refractivity contribution is 0.0943. The topological polar surface area (TPSA) is 26.5 Å². The average Bonchev–Trinajstić information content (AvgIpc) is 2.62. The van der Waals surface area contributed by atoms with Crippen LogP contribution in [0.2, 0.25) is 0 Å². The lowest BCUT2D eigenvalue weighted by atomic mass is 10.2. The Balaban J connectivity index is 2.08. The molecule has 0 aliphatic rings. The Kier molecular flexibility index (Phi) is 3.02. The molecule has 0 spiro atoms. The summed E-state index contributed by atoms with van der Waals surface area (Å²) in [7, 11) is 0. The number of hydrogen-bond acceptors (Lipinski definition) is 2. The highest BCUT2D eigenvalue weighted by atomic mass is 16.5. The average molecular weight is 204 g/mol. The third kappa shape index (κ3) is 2.36. The van der Waals surface area contributed by atoms with Crippen molar-refractivity contribution in [2.45, 2.75) is 20.5 Å². The number of imidazole rings is 1. The first kappa shape index (κ1) is 10.2. The second kappa shape index (κ2) is 4.45. The lowest BCUT2D eigenvalue weighted by Gasteiger charge is -2.06. The fraction of sp³-hybridized carbons (Fsp3) is 0.417. The minimum Gasteiger partial charge on any atom is -0.375 e. The number of hydrogen-bond donors (Lipinski definition) is 0. The zero-order chi connectivity index (χ0) is 10.7. The van der Waals surface area contributed by atoms with Crippen LogP contribution in [-0.2, 0) is 11.3 Å². The fourth-order valence-corrected chi connectivity index (χ4v) is 1.49. The van der Waals surface area contributed by atoms with E-state index in [0.717, 1.165) is 17.9 Å². The van der Waals surface area contributed by atoms with Crippen LogP contribution < -0.4 is 0 Å². The molecule has 0 fully saturated rings. The summed E-state index contributed by atoms with van der Waals surface area (Å²) in [6, 6.07) is 5.98. The van der Waals surface area contributed by atoms with Crippen molar-refractivity contribution in [2.24, 2.45) is 5.92 Å². The van der Waals surface area contributed by atoms with Gasteiger partial charge < -0.3 is 9.14 Å². The quantitative estimate of drug-likeness (QED) is 0.765. The molecule has 2 aromatic rings. The number of aromatic nitrogens is 2. The van der Waals surface area contributed by atoms with E-state index in [1.807, 2.05) is 30.6 Å². The largest absolute Gasteiger partial charge is 0.375 e. The summed E-state index contributed by atoms with van der Waals surface area (Å²) in [5.41, 5.74) is 2.08. The fourth-order valence-electron chi connectivity index (χ4n) is 1.49. The zero-order valence-corrected chi connectivity index (χ0v) is 9.18. The van der Waals surface area contributed by atoms with Crippen molar-refractivity contribution >= 4 is 5.65 Å². The second-order valence-corrected chi connectivity index (χ2v) is 4.09. The van der Waals surface area contributed by atoms with Crippen molar-refractivity contribution in [1.29, 1.82) is 0 Å². The normalized spacial score (nSPS) is 11.4. The number of pyridine rings is 1. The van der Waals surface area contributed by atoms with Crippen LogP contribution in [0.15, 0.2) is 30.6 Å². The molecule has 0 radical (unpaired) electrons. The molecule has 0 atom stereocenters. The van der Waals surface area contributed by atoms with Crippen molar-refractivity contribution in [3.63, 3.8) is 0 Å². The van der Waals surface area contributed by atoms with E-state index in [9.17, 15) is 0 Å². The van der Waals surface area contributed by atoms with Crippen LogP contribution >= 0.6 is 0 Å². The lowest BCUT2D eigenvalue weighted by Crippen LogP contribution is -2.03. The highest BCUT2D eigenvalue weighted by molar-refractivity contribution is 5.39. The van der Waals surface area contributed by atoms with Crippen molar-refractivity contribution in [2.75, 3.05) is 6.61 Å². The van der Waals surface area contributed by atoms with Crippen LogP contribution in [0.1, 0.15) is 19.5 Å². The van der Waals surface area contributed by atoms with E-state index in [2.05, 4.69) is 23.2 Å². The second-order valence-electron chi connectivity index (χ2n) is 4.09. The summed E-state index contributed by atoms with van der Waals surface area (Å²) in [5.74, 6) is 0.573. The summed E-state index contributed by atoms with van der Waals surface area (Å²) >= 11 is 0. The minimum absolute atomic E-state index is 0.573. The number of ether oxygens (including phenoxy) is 1. The molecule has 0 bridgehead atoms. The summed E-state index contributed by atoms with van der Waals surface area (Å²) in [6.45, 7) is 5.71. The van der Waals surface area contributed by atoms with Gasteiger partial charge in [0, 0.05) is 12.8 Å². The molecule has 80 valence electrons. The molecule has 0 aliphatic heterocycles. The molecule has 0 N–H and O–H groups in total. The van der Waals surface area contributed by atoms with E-state index >= 15 is 0 Å². The van der Waals surface area contributed by atoms with Crippen LogP contribution in [0.3, 0.4) is 0 Å². The summed E-state index contributed by atoms with van der Waals surface area (Å²) in [4.78, 5) is 4.30. The molecule has 0 amide bonds. The van der Waals surface area contributed by atoms with E-state index in [1.54, 1.807) is 0 Å². The van der Waals surface area contributed by atoms with Gasteiger partial charge in [0.05, 0.1) is 18.5 Å². The smallest absolute Gasteiger partial charge is 0.136 e. The number of rotatable bonds is 4. The van der Waals surface area contributed by atoms with E-state index in [4.69, 9.17) is 4.74 Å². The SMILES string of the molecule is CC(C)COCc1cnc2ccccn12. The molecule has 15 heavy (non-hydrogen) atoms. The van der Waals surface area contributed by atoms with E-state index < -0.39 is 0 Å². The van der Waals surface area contributed by atoms with Gasteiger partial charge in [-0.3, -0.25) is 0 Å². The zero-order valence-electron chi connectivity index (χ0n) is 9.18. The highest BCUT2D eigenvalue weighted by Gasteiger charge is 2.02. The van der Waals surface area contributed by atoms with Crippen molar-refractivity contribution in [3.8, 4) is 0 Å². The molecule has 3 nitrogen and oxygen atoms in total. The minimum atomic E-state index is 0.573. The Morgan fingerprint density at radius 1 is 1.40 bits per heavy atom. The molecular formula is C12H16N2O. The molecule has 0 unspecified atom stereocenters. The van der Waals surface area contributed by atoms with Crippen LogP contribution in [0.5, 0.6) is 0 Å². The Hall–Kier alpha value is -1.35. The third-order valence-electron chi connectivity index (χ3n) is 2.19. The van der Waals surface area contributed by atoms with Gasteiger partial charge >= 0.3 is 0 Å². The van der Waals surface area contributed by atoms with E-state index in [1.165, 1.54) is 0 Å². The first-order valence-corrected chi connectivity index (χ1v) is 5.26. The Bertz CT molecular complexity index is 434. The predicted octanol–water partition coefficient (Wildman–Crippen LogP) is 2.51. The maximum Gasteiger partial charge on any atom is 0.136 e. The van der Waals surface area contributed by atoms with E-state index in [0.29, 0.717) is 12.5 Å². The van der Waals surface area contributed by atoms with Crippen LogP contribution in [0.25, 0.3) is 5.65 Å². The van der Waals surface area contributed by atoms with Crippen LogP contribution in [0.4, 0.5) is 0 Å².